The molecule has 0 spiro atoms. The summed E-state index contributed by atoms with van der Waals surface area (Å²) in [4.78, 5) is 41.4. The Morgan fingerprint density at radius 2 is 1.90 bits per heavy atom. The molecule has 0 aliphatic carbocycles. The van der Waals surface area contributed by atoms with Gasteiger partial charge in [0, 0.05) is 34.0 Å². The van der Waals surface area contributed by atoms with Crippen LogP contribution >= 0.6 is 11.3 Å². The van der Waals surface area contributed by atoms with Crippen LogP contribution in [0, 0.1) is 5.92 Å². The van der Waals surface area contributed by atoms with Gasteiger partial charge in [0.25, 0.3) is 0 Å². The summed E-state index contributed by atoms with van der Waals surface area (Å²) < 4.78 is 14.1. The number of fused-ring (bicyclic) bond motifs is 2. The van der Waals surface area contributed by atoms with E-state index in [0.29, 0.717) is 48.0 Å². The number of piperidine rings is 1. The average molecular weight is 702 g/mol. The second-order valence-corrected chi connectivity index (χ2v) is 20.2. The number of pyridine rings is 1. The molecule has 1 aliphatic heterocycles. The third kappa shape index (κ3) is 8.44. The Kier molecular flexibility index (Phi) is 10.6. The van der Waals surface area contributed by atoms with Gasteiger partial charge in [-0.3, -0.25) is 9.78 Å². The summed E-state index contributed by atoms with van der Waals surface area (Å²) in [6.07, 6.45) is 4.96. The molecule has 258 valence electrons. The first-order chi connectivity index (χ1) is 23.6. The maximum absolute atomic E-state index is 13.4. The van der Waals surface area contributed by atoms with Crippen LogP contribution in [0.1, 0.15) is 36.9 Å². The first-order valence-electron chi connectivity index (χ1n) is 16.5. The molecule has 5 aromatic rings. The van der Waals surface area contributed by atoms with Crippen molar-refractivity contribution in [2.75, 3.05) is 30.9 Å². The van der Waals surface area contributed by atoms with Crippen molar-refractivity contribution in [1.82, 2.24) is 24.8 Å². The Labute approximate surface area is 290 Å². The van der Waals surface area contributed by atoms with Crippen LogP contribution in [0.15, 0.2) is 60.4 Å². The molecule has 49 heavy (non-hydrogen) atoms. The number of methoxy groups -OCH3 is 1. The van der Waals surface area contributed by atoms with E-state index in [1.807, 2.05) is 48.0 Å². The molecule has 12 nitrogen and oxygen atoms in total. The molecule has 1 fully saturated rings. The minimum atomic E-state index is -1.31. The number of nitrogens with one attached hydrogen (secondary N) is 2. The summed E-state index contributed by atoms with van der Waals surface area (Å²) in [7, 11) is 0.329. The standard InChI is InChI=1S/C35H43N7O5SSi/c1-23-6-12-30(25-9-13-31-28(16-25)38-21-48-31)42(20-23)47-35(44)34(43)39-29-19-36-18-27-32(29)41(22-46-14-15-49(3,4)5)40-33(27)37-17-24-7-10-26(45-2)11-8-24/h7-11,13,16,18-19,21,23,30H,6,12,14-15,17,20,22H2,1-5H3,(H,37,40)(H,39,43)/t23-,30+/m0/s1. The number of ether oxygens (including phenoxy) is 2. The Morgan fingerprint density at radius 1 is 1.08 bits per heavy atom. The lowest BCUT2D eigenvalue weighted by Gasteiger charge is -2.36. The van der Waals surface area contributed by atoms with Gasteiger partial charge in [0.15, 0.2) is 5.82 Å². The molecule has 14 heteroatoms. The topological polar surface area (TPSA) is 133 Å². The molecule has 6 rings (SSSR count). The summed E-state index contributed by atoms with van der Waals surface area (Å²) in [5.41, 5.74) is 5.68. The van der Waals surface area contributed by atoms with E-state index in [9.17, 15) is 9.59 Å². The smallest absolute Gasteiger partial charge is 0.416 e. The van der Waals surface area contributed by atoms with Gasteiger partial charge in [-0.2, -0.15) is 5.10 Å². The highest BCUT2D eigenvalue weighted by atomic mass is 32.1. The van der Waals surface area contributed by atoms with E-state index in [0.717, 1.165) is 46.0 Å². The maximum atomic E-state index is 13.4. The molecular weight excluding hydrogens is 659 g/mol. The first kappa shape index (κ1) is 34.5. The molecule has 4 heterocycles. The highest BCUT2D eigenvalue weighted by Gasteiger charge is 2.33. The van der Waals surface area contributed by atoms with Crippen LogP contribution in [0.25, 0.3) is 21.1 Å². The van der Waals surface area contributed by atoms with Crippen LogP contribution < -0.4 is 15.4 Å². The number of carbonyl (C=O) groups is 2. The van der Waals surface area contributed by atoms with E-state index >= 15 is 0 Å². The second kappa shape index (κ2) is 15.0. The number of thiazole rings is 1. The molecule has 1 amide bonds. The normalized spacial score (nSPS) is 16.9. The van der Waals surface area contributed by atoms with Crippen molar-refractivity contribution in [3.63, 3.8) is 0 Å². The Balaban J connectivity index is 1.21. The molecule has 2 N–H and O–H groups in total. The van der Waals surface area contributed by atoms with E-state index in [4.69, 9.17) is 19.4 Å². The number of hydrogen-bond donors (Lipinski definition) is 2. The van der Waals surface area contributed by atoms with Crippen LogP contribution in [-0.2, 0) is 32.4 Å². The summed E-state index contributed by atoms with van der Waals surface area (Å²) in [6, 6.07) is 14.7. The number of rotatable bonds is 12. The minimum absolute atomic E-state index is 0.166. The molecule has 0 saturated carbocycles. The van der Waals surface area contributed by atoms with Gasteiger partial charge in [0.05, 0.1) is 51.7 Å². The lowest BCUT2D eigenvalue weighted by molar-refractivity contribution is -0.212. The van der Waals surface area contributed by atoms with Crippen LogP contribution in [-0.4, -0.2) is 65.0 Å². The molecule has 0 bridgehead atoms. The molecular formula is C35H43N7O5SSi. The quantitative estimate of drug-likeness (QED) is 0.0809. The number of amides is 1. The fourth-order valence-corrected chi connectivity index (χ4v) is 7.27. The van der Waals surface area contributed by atoms with Crippen LogP contribution in [0.5, 0.6) is 5.75 Å². The molecule has 0 unspecified atom stereocenters. The van der Waals surface area contributed by atoms with Crippen LogP contribution in [0.3, 0.4) is 0 Å². The lowest BCUT2D eigenvalue weighted by Crippen LogP contribution is -2.41. The van der Waals surface area contributed by atoms with E-state index in [1.165, 1.54) is 6.20 Å². The van der Waals surface area contributed by atoms with Crippen molar-refractivity contribution in [3.05, 3.63) is 71.5 Å². The molecule has 2 aromatic carbocycles. The summed E-state index contributed by atoms with van der Waals surface area (Å²) in [5, 5.41) is 13.3. The predicted molar refractivity (Wildman–Crippen MR) is 194 cm³/mol. The Bertz CT molecular complexity index is 1920. The van der Waals surface area contributed by atoms with Crippen molar-refractivity contribution >= 4 is 63.9 Å². The lowest BCUT2D eigenvalue weighted by atomic mass is 9.91. The van der Waals surface area contributed by atoms with Crippen LogP contribution in [0.2, 0.25) is 25.7 Å². The zero-order valence-corrected chi connectivity index (χ0v) is 30.4. The number of hydrogen-bond acceptors (Lipinski definition) is 11. The van der Waals surface area contributed by atoms with Crippen molar-refractivity contribution in [1.29, 1.82) is 0 Å². The van der Waals surface area contributed by atoms with E-state index in [1.54, 1.807) is 34.4 Å². The molecule has 3 aromatic heterocycles. The number of hydroxylamine groups is 2. The van der Waals surface area contributed by atoms with Crippen molar-refractivity contribution in [3.8, 4) is 5.75 Å². The summed E-state index contributed by atoms with van der Waals surface area (Å²) in [5.74, 6) is -0.248. The Hall–Kier alpha value is -4.37. The number of anilines is 2. The third-order valence-electron chi connectivity index (χ3n) is 8.63. The first-order valence-corrected chi connectivity index (χ1v) is 21.1. The Morgan fingerprint density at radius 3 is 2.67 bits per heavy atom. The summed E-state index contributed by atoms with van der Waals surface area (Å²) >= 11 is 1.58. The van der Waals surface area contributed by atoms with Gasteiger partial charge < -0.3 is 24.9 Å². The van der Waals surface area contributed by atoms with E-state index in [2.05, 4.69) is 47.2 Å². The van der Waals surface area contributed by atoms with Crippen molar-refractivity contribution in [2.45, 2.75) is 64.8 Å². The van der Waals surface area contributed by atoms with Gasteiger partial charge >= 0.3 is 11.9 Å². The van der Waals surface area contributed by atoms with Crippen molar-refractivity contribution < 1.29 is 23.9 Å². The number of nitrogens with zero attached hydrogens (tertiary/aromatic N) is 5. The number of benzene rings is 2. The largest absolute Gasteiger partial charge is 0.497 e. The second-order valence-electron chi connectivity index (χ2n) is 13.7. The van der Waals surface area contributed by atoms with Gasteiger partial charge in [-0.1, -0.05) is 44.8 Å². The van der Waals surface area contributed by atoms with Gasteiger partial charge in [0.1, 0.15) is 12.5 Å². The predicted octanol–water partition coefficient (Wildman–Crippen LogP) is 6.84. The molecule has 1 aliphatic rings. The van der Waals surface area contributed by atoms with E-state index < -0.39 is 20.0 Å². The fourth-order valence-electron chi connectivity index (χ4n) is 5.85. The van der Waals surface area contributed by atoms with Gasteiger partial charge in [-0.05, 0) is 60.2 Å². The third-order valence-corrected chi connectivity index (χ3v) is 11.1. The number of aromatic nitrogens is 4. The molecule has 2 atom stereocenters. The van der Waals surface area contributed by atoms with E-state index in [-0.39, 0.29) is 12.8 Å². The average Bonchev–Trinajstić information content (AvgIpc) is 3.70. The molecule has 0 radical (unpaired) electrons. The van der Waals surface area contributed by atoms with Gasteiger partial charge in [-0.15, -0.1) is 16.4 Å². The zero-order chi connectivity index (χ0) is 34.5. The fraction of sp³-hybridized carbons (Fsp3) is 0.400. The van der Waals surface area contributed by atoms with Crippen LogP contribution in [0.4, 0.5) is 11.5 Å². The monoisotopic (exact) mass is 701 g/mol. The summed E-state index contributed by atoms with van der Waals surface area (Å²) in [6.45, 7) is 10.8. The zero-order valence-electron chi connectivity index (χ0n) is 28.6. The van der Waals surface area contributed by atoms with Gasteiger partial charge in [0.2, 0.25) is 0 Å². The minimum Gasteiger partial charge on any atom is -0.497 e. The highest BCUT2D eigenvalue weighted by molar-refractivity contribution is 7.16. The molecule has 1 saturated heterocycles. The van der Waals surface area contributed by atoms with Crippen molar-refractivity contribution in [2.24, 2.45) is 5.92 Å². The van der Waals surface area contributed by atoms with Gasteiger partial charge in [-0.25, -0.2) is 14.5 Å². The number of carbonyl (C=O) groups excluding carboxylic acids is 2. The maximum Gasteiger partial charge on any atom is 0.416 e. The SMILES string of the molecule is COc1ccc(CNc2nn(COCC[Si](C)(C)C)c3c(NC(=O)C(=O)ON4C[C@@H](C)CC[C@@H]4c4ccc5scnc5c4)cncc23)cc1. The highest BCUT2D eigenvalue weighted by Crippen LogP contribution is 2.35.